The van der Waals surface area contributed by atoms with Gasteiger partial charge in [-0.15, -0.1) is 0 Å². The van der Waals surface area contributed by atoms with Crippen LogP contribution in [0.15, 0.2) is 6.20 Å². The lowest BCUT2D eigenvalue weighted by molar-refractivity contribution is 0.322. The second-order valence-electron chi connectivity index (χ2n) is 5.41. The van der Waals surface area contributed by atoms with E-state index in [1.54, 1.807) is 13.3 Å². The van der Waals surface area contributed by atoms with Gasteiger partial charge < -0.3 is 4.74 Å². The summed E-state index contributed by atoms with van der Waals surface area (Å²) in [5, 5.41) is 4.38. The summed E-state index contributed by atoms with van der Waals surface area (Å²) in [5.74, 6) is 8.08. The third-order valence-corrected chi connectivity index (χ3v) is 4.47. The van der Waals surface area contributed by atoms with Gasteiger partial charge in [0.25, 0.3) is 0 Å². The number of hydrogen-bond donors (Lipinski definition) is 2. The first kappa shape index (κ1) is 14.3. The topological polar surface area (TPSA) is 65.1 Å². The molecular weight excluding hydrogens is 240 g/mol. The van der Waals surface area contributed by atoms with E-state index in [2.05, 4.69) is 24.4 Å². The fourth-order valence-electron chi connectivity index (χ4n) is 3.33. The molecule has 0 spiro atoms. The minimum Gasteiger partial charge on any atom is -0.493 e. The highest BCUT2D eigenvalue weighted by Gasteiger charge is 2.33. The number of hydrogen-bond acceptors (Lipinski definition) is 4. The van der Waals surface area contributed by atoms with Crippen molar-refractivity contribution in [2.24, 2.45) is 17.7 Å². The van der Waals surface area contributed by atoms with E-state index in [9.17, 15) is 0 Å². The summed E-state index contributed by atoms with van der Waals surface area (Å²) in [6.07, 6.45) is 6.82. The number of ether oxygens (including phenoxy) is 1. The van der Waals surface area contributed by atoms with Crippen molar-refractivity contribution in [2.45, 2.75) is 52.1 Å². The quantitative estimate of drug-likeness (QED) is 0.612. The van der Waals surface area contributed by atoms with Crippen molar-refractivity contribution in [1.29, 1.82) is 0 Å². The van der Waals surface area contributed by atoms with Crippen LogP contribution in [0.1, 0.15) is 51.3 Å². The van der Waals surface area contributed by atoms with Crippen LogP contribution in [0, 0.1) is 11.8 Å². The first-order chi connectivity index (χ1) is 9.24. The maximum Gasteiger partial charge on any atom is 0.161 e. The molecule has 108 valence electrons. The van der Waals surface area contributed by atoms with Crippen LogP contribution in [0.25, 0.3) is 0 Å². The number of rotatable bonds is 6. The van der Waals surface area contributed by atoms with E-state index >= 15 is 0 Å². The first-order valence-corrected chi connectivity index (χ1v) is 7.30. The Morgan fingerprint density at radius 1 is 1.53 bits per heavy atom. The lowest BCUT2D eigenvalue weighted by Gasteiger charge is -2.24. The second kappa shape index (κ2) is 6.39. The number of nitrogens with two attached hydrogens (primary N) is 1. The van der Waals surface area contributed by atoms with E-state index in [0.717, 1.165) is 23.9 Å². The summed E-state index contributed by atoms with van der Waals surface area (Å²) in [5.41, 5.74) is 4.09. The molecule has 1 fully saturated rings. The molecule has 2 rings (SSSR count). The average molecular weight is 266 g/mol. The molecule has 0 amide bonds. The molecular formula is C14H26N4O. The molecule has 3 unspecified atom stereocenters. The van der Waals surface area contributed by atoms with Gasteiger partial charge in [0.15, 0.2) is 5.75 Å². The molecule has 0 aliphatic heterocycles. The number of nitrogens with one attached hydrogen (secondary N) is 1. The summed E-state index contributed by atoms with van der Waals surface area (Å²) in [7, 11) is 1.69. The normalized spacial score (nSPS) is 24.6. The predicted molar refractivity (Wildman–Crippen MR) is 75.6 cm³/mol. The maximum atomic E-state index is 5.83. The minimum absolute atomic E-state index is 0.133. The van der Waals surface area contributed by atoms with Gasteiger partial charge in [0.1, 0.15) is 0 Å². The molecule has 1 aliphatic rings. The number of nitrogens with zero attached hydrogens (tertiary/aromatic N) is 2. The van der Waals surface area contributed by atoms with Gasteiger partial charge in [0, 0.05) is 6.54 Å². The Balaban J connectivity index is 2.24. The fourth-order valence-corrected chi connectivity index (χ4v) is 3.33. The van der Waals surface area contributed by atoms with Gasteiger partial charge in [-0.25, -0.2) is 0 Å². The molecule has 0 radical (unpaired) electrons. The SMILES string of the molecule is CCC1CCC(C(NN)c2c(OC)cnn2CC)C1. The van der Waals surface area contributed by atoms with E-state index in [4.69, 9.17) is 10.6 Å². The van der Waals surface area contributed by atoms with Crippen molar-refractivity contribution < 1.29 is 4.74 Å². The standard InChI is InChI=1S/C14H26N4O/c1-4-10-6-7-11(8-10)13(17-15)14-12(19-3)9-16-18(14)5-2/h9-11,13,17H,4-8,15H2,1-3H3. The number of hydrazine groups is 1. The third kappa shape index (κ3) is 2.77. The third-order valence-electron chi connectivity index (χ3n) is 4.47. The molecule has 1 saturated carbocycles. The Morgan fingerprint density at radius 3 is 2.84 bits per heavy atom. The van der Waals surface area contributed by atoms with Crippen LogP contribution in [-0.2, 0) is 6.54 Å². The van der Waals surface area contributed by atoms with Crippen LogP contribution in [0.3, 0.4) is 0 Å². The van der Waals surface area contributed by atoms with Crippen molar-refractivity contribution in [3.05, 3.63) is 11.9 Å². The van der Waals surface area contributed by atoms with Gasteiger partial charge >= 0.3 is 0 Å². The molecule has 1 heterocycles. The van der Waals surface area contributed by atoms with Gasteiger partial charge in [0.05, 0.1) is 25.0 Å². The zero-order chi connectivity index (χ0) is 13.8. The van der Waals surface area contributed by atoms with Crippen LogP contribution < -0.4 is 16.0 Å². The fraction of sp³-hybridized carbons (Fsp3) is 0.786. The maximum absolute atomic E-state index is 5.83. The highest BCUT2D eigenvalue weighted by Crippen LogP contribution is 2.42. The van der Waals surface area contributed by atoms with Gasteiger partial charge in [0.2, 0.25) is 0 Å². The summed E-state index contributed by atoms with van der Waals surface area (Å²) in [6, 6.07) is 0.133. The van der Waals surface area contributed by atoms with Crippen molar-refractivity contribution in [2.75, 3.05) is 7.11 Å². The highest BCUT2D eigenvalue weighted by molar-refractivity contribution is 5.29. The summed E-state index contributed by atoms with van der Waals surface area (Å²) >= 11 is 0. The largest absolute Gasteiger partial charge is 0.493 e. The molecule has 0 saturated heterocycles. The van der Waals surface area contributed by atoms with Gasteiger partial charge in [-0.2, -0.15) is 5.10 Å². The van der Waals surface area contributed by atoms with Crippen LogP contribution in [0.2, 0.25) is 0 Å². The summed E-state index contributed by atoms with van der Waals surface area (Å²) in [6.45, 7) is 5.20. The van der Waals surface area contributed by atoms with Crippen LogP contribution in [0.4, 0.5) is 0 Å². The Kier molecular flexibility index (Phi) is 4.82. The molecule has 5 heteroatoms. The molecule has 5 nitrogen and oxygen atoms in total. The first-order valence-electron chi connectivity index (χ1n) is 7.30. The van der Waals surface area contributed by atoms with Crippen LogP contribution in [-0.4, -0.2) is 16.9 Å². The van der Waals surface area contributed by atoms with Crippen molar-refractivity contribution in [3.8, 4) is 5.75 Å². The molecule has 1 aromatic rings. The lowest BCUT2D eigenvalue weighted by Crippen LogP contribution is -2.34. The van der Waals surface area contributed by atoms with E-state index in [-0.39, 0.29) is 6.04 Å². The monoisotopic (exact) mass is 266 g/mol. The smallest absolute Gasteiger partial charge is 0.161 e. The highest BCUT2D eigenvalue weighted by atomic mass is 16.5. The molecule has 0 aromatic carbocycles. The lowest BCUT2D eigenvalue weighted by atomic mass is 9.93. The Bertz CT molecular complexity index is 383. The molecule has 1 aromatic heterocycles. The van der Waals surface area contributed by atoms with Crippen LogP contribution in [0.5, 0.6) is 5.75 Å². The molecule has 0 bridgehead atoms. The van der Waals surface area contributed by atoms with E-state index in [1.165, 1.54) is 25.7 Å². The zero-order valence-corrected chi connectivity index (χ0v) is 12.2. The summed E-state index contributed by atoms with van der Waals surface area (Å²) < 4.78 is 7.43. The van der Waals surface area contributed by atoms with Crippen molar-refractivity contribution in [3.63, 3.8) is 0 Å². The zero-order valence-electron chi connectivity index (χ0n) is 12.2. The molecule has 19 heavy (non-hydrogen) atoms. The van der Waals surface area contributed by atoms with E-state index in [0.29, 0.717) is 5.92 Å². The Hall–Kier alpha value is -1.07. The van der Waals surface area contributed by atoms with E-state index < -0.39 is 0 Å². The number of aryl methyl sites for hydroxylation is 1. The minimum atomic E-state index is 0.133. The summed E-state index contributed by atoms with van der Waals surface area (Å²) in [4.78, 5) is 0. The van der Waals surface area contributed by atoms with Crippen molar-refractivity contribution >= 4 is 0 Å². The Labute approximate surface area is 115 Å². The molecule has 3 N–H and O–H groups in total. The predicted octanol–water partition coefficient (Wildman–Crippen LogP) is 2.24. The van der Waals surface area contributed by atoms with E-state index in [1.807, 2.05) is 4.68 Å². The van der Waals surface area contributed by atoms with Crippen LogP contribution >= 0.6 is 0 Å². The molecule has 1 aliphatic carbocycles. The van der Waals surface area contributed by atoms with Crippen molar-refractivity contribution in [1.82, 2.24) is 15.2 Å². The van der Waals surface area contributed by atoms with Gasteiger partial charge in [-0.3, -0.25) is 16.0 Å². The van der Waals surface area contributed by atoms with Gasteiger partial charge in [-0.05, 0) is 31.6 Å². The second-order valence-corrected chi connectivity index (χ2v) is 5.41. The molecule has 3 atom stereocenters. The number of aromatic nitrogens is 2. The number of methoxy groups -OCH3 is 1. The Morgan fingerprint density at radius 2 is 2.32 bits per heavy atom. The average Bonchev–Trinajstić information content (AvgIpc) is 3.06. The van der Waals surface area contributed by atoms with Gasteiger partial charge in [-0.1, -0.05) is 19.8 Å².